The highest BCUT2D eigenvalue weighted by Crippen LogP contribution is 2.27. The van der Waals surface area contributed by atoms with Crippen LogP contribution in [0.1, 0.15) is 32.1 Å². The maximum atomic E-state index is 12.2. The Hall–Kier alpha value is -2.08. The highest BCUT2D eigenvalue weighted by atomic mass is 32.1. The zero-order chi connectivity index (χ0) is 14.5. The summed E-state index contributed by atoms with van der Waals surface area (Å²) in [5.41, 5.74) is 1.65. The van der Waals surface area contributed by atoms with Gasteiger partial charge in [-0.05, 0) is 25.7 Å². The highest BCUT2D eigenvalue weighted by Gasteiger charge is 2.14. The van der Waals surface area contributed by atoms with Crippen molar-refractivity contribution in [2.75, 3.05) is 5.32 Å². The van der Waals surface area contributed by atoms with Gasteiger partial charge in [0.1, 0.15) is 5.69 Å². The average molecular weight is 300 g/mol. The molecule has 3 rings (SSSR count). The molecule has 0 bridgehead atoms. The molecule has 1 amide bonds. The Bertz CT molecular complexity index is 651. The molecule has 0 aliphatic heterocycles. The quantitative estimate of drug-likeness (QED) is 0.943. The molecule has 0 fully saturated rings. The third-order valence-electron chi connectivity index (χ3n) is 3.37. The first-order chi connectivity index (χ1) is 10.3. The number of thiazole rings is 1. The molecule has 0 atom stereocenters. The summed E-state index contributed by atoms with van der Waals surface area (Å²) in [6.45, 7) is 0. The predicted molar refractivity (Wildman–Crippen MR) is 82.9 cm³/mol. The van der Waals surface area contributed by atoms with Gasteiger partial charge in [0.05, 0.1) is 11.1 Å². The van der Waals surface area contributed by atoms with Crippen molar-refractivity contribution < 1.29 is 4.79 Å². The Morgan fingerprint density at radius 3 is 2.95 bits per heavy atom. The van der Waals surface area contributed by atoms with E-state index in [1.165, 1.54) is 24.2 Å². The number of amides is 1. The van der Waals surface area contributed by atoms with E-state index in [4.69, 9.17) is 0 Å². The van der Waals surface area contributed by atoms with E-state index >= 15 is 0 Å². The van der Waals surface area contributed by atoms with Gasteiger partial charge in [-0.25, -0.2) is 4.98 Å². The van der Waals surface area contributed by atoms with E-state index in [0.717, 1.165) is 35.4 Å². The van der Waals surface area contributed by atoms with Gasteiger partial charge in [0.2, 0.25) is 0 Å². The molecule has 6 heteroatoms. The summed E-state index contributed by atoms with van der Waals surface area (Å²) < 4.78 is 0. The van der Waals surface area contributed by atoms with Gasteiger partial charge in [0.15, 0.2) is 5.13 Å². The number of nitrogens with zero attached hydrogens (tertiary/aromatic N) is 3. The molecule has 0 spiro atoms. The first-order valence-electron chi connectivity index (χ1n) is 7.05. The normalized spacial score (nSPS) is 15.1. The van der Waals surface area contributed by atoms with Crippen molar-refractivity contribution >= 4 is 22.4 Å². The molecule has 2 aromatic rings. The summed E-state index contributed by atoms with van der Waals surface area (Å²) in [6, 6.07) is 0. The summed E-state index contributed by atoms with van der Waals surface area (Å²) in [5, 5.41) is 3.48. The third-order valence-corrected chi connectivity index (χ3v) is 4.31. The molecule has 0 radical (unpaired) electrons. The molecule has 108 valence electrons. The van der Waals surface area contributed by atoms with E-state index in [2.05, 4.69) is 26.3 Å². The molecule has 0 saturated heterocycles. The Kier molecular flexibility index (Phi) is 4.35. The van der Waals surface area contributed by atoms with Gasteiger partial charge < -0.3 is 0 Å². The van der Waals surface area contributed by atoms with Gasteiger partial charge in [-0.2, -0.15) is 0 Å². The smallest absolute Gasteiger partial charge is 0.253 e. The number of allylic oxidation sites excluding steroid dienone is 1. The topological polar surface area (TPSA) is 67.8 Å². The summed E-state index contributed by atoms with van der Waals surface area (Å²) >= 11 is 1.41. The van der Waals surface area contributed by atoms with Crippen molar-refractivity contribution in [1.82, 2.24) is 15.0 Å². The number of rotatable bonds is 3. The van der Waals surface area contributed by atoms with Crippen LogP contribution in [0.4, 0.5) is 5.13 Å². The van der Waals surface area contributed by atoms with Gasteiger partial charge >= 0.3 is 0 Å². The van der Waals surface area contributed by atoms with Crippen LogP contribution in [0.3, 0.4) is 0 Å². The molecule has 2 heterocycles. The van der Waals surface area contributed by atoms with Crippen molar-refractivity contribution in [3.05, 3.63) is 36.4 Å². The average Bonchev–Trinajstić information content (AvgIpc) is 2.81. The molecule has 1 aliphatic rings. The lowest BCUT2D eigenvalue weighted by Crippen LogP contribution is -2.14. The standard InChI is InChI=1S/C15H16N4OS/c20-14(11-5-3-1-2-4-6-11)19-15-18-10-13(21-15)12-9-16-7-8-17-12/h5,7-10H,1-4,6H2,(H,18,19,20). The summed E-state index contributed by atoms with van der Waals surface area (Å²) in [6.07, 6.45) is 14.0. The predicted octanol–water partition coefficient (Wildman–Crippen LogP) is 3.43. The van der Waals surface area contributed by atoms with E-state index in [1.807, 2.05) is 0 Å². The molecular formula is C15H16N4OS. The zero-order valence-corrected chi connectivity index (χ0v) is 12.4. The van der Waals surface area contributed by atoms with Crippen LogP contribution in [0.5, 0.6) is 0 Å². The Balaban J connectivity index is 1.70. The Morgan fingerprint density at radius 2 is 2.10 bits per heavy atom. The first kappa shape index (κ1) is 13.9. The molecular weight excluding hydrogens is 284 g/mol. The third kappa shape index (κ3) is 3.52. The first-order valence-corrected chi connectivity index (χ1v) is 7.87. The Morgan fingerprint density at radius 1 is 1.14 bits per heavy atom. The van der Waals surface area contributed by atoms with Gasteiger partial charge in [-0.3, -0.25) is 20.1 Å². The largest absolute Gasteiger partial charge is 0.298 e. The van der Waals surface area contributed by atoms with Crippen LogP contribution in [0.15, 0.2) is 36.4 Å². The molecule has 21 heavy (non-hydrogen) atoms. The fourth-order valence-electron chi connectivity index (χ4n) is 2.28. The maximum Gasteiger partial charge on any atom is 0.253 e. The molecule has 2 aromatic heterocycles. The fourth-order valence-corrected chi connectivity index (χ4v) is 3.05. The highest BCUT2D eigenvalue weighted by molar-refractivity contribution is 7.19. The van der Waals surface area contributed by atoms with E-state index in [9.17, 15) is 4.79 Å². The summed E-state index contributed by atoms with van der Waals surface area (Å²) in [4.78, 5) is 25.6. The van der Waals surface area contributed by atoms with Crippen molar-refractivity contribution in [3.63, 3.8) is 0 Å². The second-order valence-corrected chi connectivity index (χ2v) is 5.93. The minimum absolute atomic E-state index is 0.0306. The van der Waals surface area contributed by atoms with Crippen molar-refractivity contribution in [3.8, 4) is 10.6 Å². The van der Waals surface area contributed by atoms with E-state index in [-0.39, 0.29) is 5.91 Å². The molecule has 0 aromatic carbocycles. The van der Waals surface area contributed by atoms with E-state index < -0.39 is 0 Å². The van der Waals surface area contributed by atoms with Gasteiger partial charge in [-0.15, -0.1) is 0 Å². The lowest BCUT2D eigenvalue weighted by molar-refractivity contribution is -0.113. The van der Waals surface area contributed by atoms with Crippen LogP contribution in [0.25, 0.3) is 10.6 Å². The number of hydrogen-bond acceptors (Lipinski definition) is 5. The maximum absolute atomic E-state index is 12.2. The number of aromatic nitrogens is 3. The lowest BCUT2D eigenvalue weighted by Gasteiger charge is -2.04. The minimum Gasteiger partial charge on any atom is -0.298 e. The second-order valence-electron chi connectivity index (χ2n) is 4.90. The number of hydrogen-bond donors (Lipinski definition) is 1. The summed E-state index contributed by atoms with van der Waals surface area (Å²) in [5.74, 6) is -0.0306. The van der Waals surface area contributed by atoms with Gasteiger partial charge in [0.25, 0.3) is 5.91 Å². The number of anilines is 1. The van der Waals surface area contributed by atoms with E-state index in [1.54, 1.807) is 24.8 Å². The van der Waals surface area contributed by atoms with Crippen LogP contribution in [-0.2, 0) is 4.79 Å². The SMILES string of the molecule is O=C(Nc1ncc(-c2cnccn2)s1)C1=CCCCCC1. The lowest BCUT2D eigenvalue weighted by atomic mass is 10.1. The van der Waals surface area contributed by atoms with Crippen molar-refractivity contribution in [1.29, 1.82) is 0 Å². The Labute approximate surface area is 127 Å². The zero-order valence-electron chi connectivity index (χ0n) is 11.6. The molecule has 1 aliphatic carbocycles. The van der Waals surface area contributed by atoms with Crippen LogP contribution in [0.2, 0.25) is 0 Å². The fraction of sp³-hybridized carbons (Fsp3) is 0.333. The number of carbonyl (C=O) groups excluding carboxylic acids is 1. The van der Waals surface area contributed by atoms with Crippen molar-refractivity contribution in [2.24, 2.45) is 0 Å². The molecule has 1 N–H and O–H groups in total. The van der Waals surface area contributed by atoms with Gasteiger partial charge in [-0.1, -0.05) is 23.8 Å². The van der Waals surface area contributed by atoms with Gasteiger partial charge in [0, 0.05) is 24.2 Å². The number of carbonyl (C=O) groups is 1. The van der Waals surface area contributed by atoms with Crippen molar-refractivity contribution in [2.45, 2.75) is 32.1 Å². The molecule has 5 nitrogen and oxygen atoms in total. The van der Waals surface area contributed by atoms with Crippen LogP contribution >= 0.6 is 11.3 Å². The molecule has 0 saturated carbocycles. The number of nitrogens with one attached hydrogen (secondary N) is 1. The minimum atomic E-state index is -0.0306. The van der Waals surface area contributed by atoms with E-state index in [0.29, 0.717) is 5.13 Å². The van der Waals surface area contributed by atoms with Crippen LogP contribution < -0.4 is 5.32 Å². The second kappa shape index (κ2) is 6.58. The van der Waals surface area contributed by atoms with Crippen LogP contribution in [0, 0.1) is 0 Å². The molecule has 0 unspecified atom stereocenters. The van der Waals surface area contributed by atoms with Crippen LogP contribution in [-0.4, -0.2) is 20.9 Å². The summed E-state index contributed by atoms with van der Waals surface area (Å²) in [7, 11) is 0. The monoisotopic (exact) mass is 300 g/mol.